The van der Waals surface area contributed by atoms with Crippen molar-refractivity contribution in [3.63, 3.8) is 0 Å². The first-order valence-electron chi connectivity index (χ1n) is 9.77. The van der Waals surface area contributed by atoms with Crippen LogP contribution in [-0.4, -0.2) is 75.5 Å². The molecule has 1 aliphatic heterocycles. The molecule has 0 aliphatic carbocycles. The summed E-state index contributed by atoms with van der Waals surface area (Å²) in [7, 11) is -2.52. The van der Waals surface area contributed by atoms with E-state index in [0.29, 0.717) is 5.00 Å². The summed E-state index contributed by atoms with van der Waals surface area (Å²) in [5, 5.41) is 4.64. The standard InChI is InChI=1S/C20H23N3O7S2/c1-3-30-20(26)22-9-11-23(12-10-22)32(27,28)15-6-4-14(5-7-15)17(24)21-18-16(8-13-31-18)19(25)29-2/h4-8,13H,3,9-12H2,1-2H3,(H,21,24). The highest BCUT2D eigenvalue weighted by Crippen LogP contribution is 2.25. The van der Waals surface area contributed by atoms with Crippen LogP contribution in [0, 0.1) is 0 Å². The molecule has 1 aromatic heterocycles. The van der Waals surface area contributed by atoms with Crippen molar-refractivity contribution in [2.75, 3.05) is 45.2 Å². The maximum atomic E-state index is 12.9. The monoisotopic (exact) mass is 481 g/mol. The van der Waals surface area contributed by atoms with Crippen LogP contribution in [0.1, 0.15) is 27.6 Å². The predicted octanol–water partition coefficient (Wildman–Crippen LogP) is 2.25. The summed E-state index contributed by atoms with van der Waals surface area (Å²) in [5.74, 6) is -1.05. The van der Waals surface area contributed by atoms with Crippen LogP contribution >= 0.6 is 11.3 Å². The van der Waals surface area contributed by atoms with E-state index in [1.165, 1.54) is 51.9 Å². The third-order valence-corrected chi connectivity index (χ3v) is 7.56. The van der Waals surface area contributed by atoms with Crippen LogP contribution in [-0.2, 0) is 19.5 Å². The number of hydrogen-bond acceptors (Lipinski definition) is 8. The molecule has 0 bridgehead atoms. The number of nitrogens with zero attached hydrogens (tertiary/aromatic N) is 2. The zero-order chi connectivity index (χ0) is 23.3. The summed E-state index contributed by atoms with van der Waals surface area (Å²) < 4.78 is 36.8. The van der Waals surface area contributed by atoms with Gasteiger partial charge in [-0.05, 0) is 42.6 Å². The van der Waals surface area contributed by atoms with Gasteiger partial charge in [-0.3, -0.25) is 4.79 Å². The van der Waals surface area contributed by atoms with E-state index in [1.54, 1.807) is 18.4 Å². The Morgan fingerprint density at radius 1 is 1.06 bits per heavy atom. The number of hydrogen-bond donors (Lipinski definition) is 1. The number of carbonyl (C=O) groups excluding carboxylic acids is 3. The predicted molar refractivity (Wildman–Crippen MR) is 117 cm³/mol. The second-order valence-electron chi connectivity index (χ2n) is 6.72. The Hall–Kier alpha value is -2.96. The molecule has 12 heteroatoms. The van der Waals surface area contributed by atoms with Gasteiger partial charge in [0.25, 0.3) is 5.91 Å². The number of methoxy groups -OCH3 is 1. The lowest BCUT2D eigenvalue weighted by atomic mass is 10.2. The van der Waals surface area contributed by atoms with Gasteiger partial charge in [0.1, 0.15) is 5.00 Å². The van der Waals surface area contributed by atoms with Gasteiger partial charge in [-0.1, -0.05) is 0 Å². The molecule has 1 N–H and O–H groups in total. The maximum absolute atomic E-state index is 12.9. The Balaban J connectivity index is 1.66. The third kappa shape index (κ3) is 5.09. The number of carbonyl (C=O) groups is 3. The number of ether oxygens (including phenoxy) is 2. The van der Waals surface area contributed by atoms with Crippen molar-refractivity contribution < 1.29 is 32.3 Å². The molecule has 0 atom stereocenters. The van der Waals surface area contributed by atoms with Crippen LogP contribution in [0.15, 0.2) is 40.6 Å². The summed E-state index contributed by atoms with van der Waals surface area (Å²) in [6.07, 6.45) is -0.457. The zero-order valence-corrected chi connectivity index (χ0v) is 19.2. The minimum absolute atomic E-state index is 0.0463. The van der Waals surface area contributed by atoms with E-state index in [2.05, 4.69) is 10.1 Å². The van der Waals surface area contributed by atoms with Gasteiger partial charge in [-0.25, -0.2) is 18.0 Å². The first-order chi connectivity index (χ1) is 15.3. The number of anilines is 1. The van der Waals surface area contributed by atoms with E-state index in [1.807, 2.05) is 0 Å². The minimum Gasteiger partial charge on any atom is -0.465 e. The maximum Gasteiger partial charge on any atom is 0.409 e. The molecule has 0 spiro atoms. The lowest BCUT2D eigenvalue weighted by Gasteiger charge is -2.33. The smallest absolute Gasteiger partial charge is 0.409 e. The van der Waals surface area contributed by atoms with E-state index in [4.69, 9.17) is 4.74 Å². The van der Waals surface area contributed by atoms with Crippen molar-refractivity contribution in [2.24, 2.45) is 0 Å². The Bertz CT molecular complexity index is 1090. The van der Waals surface area contributed by atoms with Crippen molar-refractivity contribution >= 4 is 44.3 Å². The third-order valence-electron chi connectivity index (χ3n) is 4.82. The molecule has 172 valence electrons. The van der Waals surface area contributed by atoms with E-state index < -0.39 is 28.0 Å². The van der Waals surface area contributed by atoms with E-state index in [-0.39, 0.29) is 48.8 Å². The number of esters is 1. The SMILES string of the molecule is CCOC(=O)N1CCN(S(=O)(=O)c2ccc(C(=O)Nc3sccc3C(=O)OC)cc2)CC1. The van der Waals surface area contributed by atoms with Gasteiger partial charge in [0.2, 0.25) is 10.0 Å². The fourth-order valence-corrected chi connectivity index (χ4v) is 5.30. The van der Waals surface area contributed by atoms with Crippen molar-refractivity contribution in [3.8, 4) is 0 Å². The largest absolute Gasteiger partial charge is 0.465 e. The van der Waals surface area contributed by atoms with Crippen LogP contribution in [0.5, 0.6) is 0 Å². The Morgan fingerprint density at radius 2 is 1.72 bits per heavy atom. The van der Waals surface area contributed by atoms with Gasteiger partial charge >= 0.3 is 12.1 Å². The summed E-state index contributed by atoms with van der Waals surface area (Å²) in [6, 6.07) is 7.07. The first-order valence-corrected chi connectivity index (χ1v) is 12.1. The second kappa shape index (κ2) is 10.1. The first kappa shape index (κ1) is 23.7. The molecule has 3 rings (SSSR count). The topological polar surface area (TPSA) is 122 Å². The number of rotatable bonds is 6. The molecule has 1 fully saturated rings. The molecule has 1 aliphatic rings. The average Bonchev–Trinajstić information content (AvgIpc) is 3.27. The normalized spacial score (nSPS) is 14.6. The van der Waals surface area contributed by atoms with Crippen LogP contribution in [0.3, 0.4) is 0 Å². The second-order valence-corrected chi connectivity index (χ2v) is 9.58. The average molecular weight is 482 g/mol. The molecule has 10 nitrogen and oxygen atoms in total. The van der Waals surface area contributed by atoms with Crippen LogP contribution in [0.2, 0.25) is 0 Å². The number of piperazine rings is 1. The number of sulfonamides is 1. The quantitative estimate of drug-likeness (QED) is 0.628. The number of benzene rings is 1. The molecular formula is C20H23N3O7S2. The molecule has 2 amide bonds. The van der Waals surface area contributed by atoms with Crippen molar-refractivity contribution in [2.45, 2.75) is 11.8 Å². The number of thiophene rings is 1. The van der Waals surface area contributed by atoms with Gasteiger partial charge in [0.05, 0.1) is 24.2 Å². The van der Waals surface area contributed by atoms with Gasteiger partial charge < -0.3 is 19.7 Å². The van der Waals surface area contributed by atoms with Gasteiger partial charge in [-0.2, -0.15) is 4.31 Å². The summed E-state index contributed by atoms with van der Waals surface area (Å²) in [6.45, 7) is 2.74. The van der Waals surface area contributed by atoms with Gasteiger partial charge in [0.15, 0.2) is 0 Å². The molecule has 1 aromatic carbocycles. The molecule has 0 radical (unpaired) electrons. The number of amides is 2. The summed E-state index contributed by atoms with van der Waals surface area (Å²) >= 11 is 1.18. The molecule has 2 heterocycles. The van der Waals surface area contributed by atoms with Crippen LogP contribution < -0.4 is 5.32 Å². The molecule has 2 aromatic rings. The van der Waals surface area contributed by atoms with Crippen LogP contribution in [0.25, 0.3) is 0 Å². The molecular weight excluding hydrogens is 458 g/mol. The fraction of sp³-hybridized carbons (Fsp3) is 0.350. The molecule has 1 saturated heterocycles. The Morgan fingerprint density at radius 3 is 2.31 bits per heavy atom. The highest BCUT2D eigenvalue weighted by atomic mass is 32.2. The highest BCUT2D eigenvalue weighted by molar-refractivity contribution is 7.89. The summed E-state index contributed by atoms with van der Waals surface area (Å²) in [4.78, 5) is 37.6. The van der Waals surface area contributed by atoms with E-state index >= 15 is 0 Å². The van der Waals surface area contributed by atoms with Crippen molar-refractivity contribution in [1.29, 1.82) is 0 Å². The number of nitrogens with one attached hydrogen (secondary N) is 1. The fourth-order valence-electron chi connectivity index (χ4n) is 3.11. The van der Waals surface area contributed by atoms with Gasteiger partial charge in [0, 0.05) is 31.7 Å². The van der Waals surface area contributed by atoms with Gasteiger partial charge in [-0.15, -0.1) is 11.3 Å². The Kier molecular flexibility index (Phi) is 7.48. The molecule has 0 unspecified atom stereocenters. The van der Waals surface area contributed by atoms with E-state index in [0.717, 1.165) is 0 Å². The summed E-state index contributed by atoms with van der Waals surface area (Å²) in [5.41, 5.74) is 0.479. The molecule has 32 heavy (non-hydrogen) atoms. The minimum atomic E-state index is -3.77. The van der Waals surface area contributed by atoms with E-state index in [9.17, 15) is 22.8 Å². The van der Waals surface area contributed by atoms with Crippen LogP contribution in [0.4, 0.5) is 9.80 Å². The Labute approximate surface area is 189 Å². The lowest BCUT2D eigenvalue weighted by Crippen LogP contribution is -2.50. The lowest BCUT2D eigenvalue weighted by molar-refractivity contribution is 0.0602. The van der Waals surface area contributed by atoms with Crippen molar-refractivity contribution in [3.05, 3.63) is 46.8 Å². The zero-order valence-electron chi connectivity index (χ0n) is 17.6. The van der Waals surface area contributed by atoms with Crippen molar-refractivity contribution in [1.82, 2.24) is 9.21 Å². The molecule has 0 saturated carbocycles. The highest BCUT2D eigenvalue weighted by Gasteiger charge is 2.30.